The number of hydrogen-bond donors (Lipinski definition) is 2. The Morgan fingerprint density at radius 2 is 1.96 bits per heavy atom. The topological polar surface area (TPSA) is 61.0 Å². The van der Waals surface area contributed by atoms with Crippen molar-refractivity contribution in [2.24, 2.45) is 0 Å². The number of carbonyl (C=O) groups is 1. The van der Waals surface area contributed by atoms with E-state index in [-0.39, 0.29) is 5.91 Å². The third-order valence-corrected chi connectivity index (χ3v) is 5.94. The van der Waals surface area contributed by atoms with Gasteiger partial charge in [-0.2, -0.15) is 0 Å². The molecule has 2 heterocycles. The molecule has 2 N–H and O–H groups in total. The molecule has 0 aliphatic carbocycles. The van der Waals surface area contributed by atoms with Gasteiger partial charge < -0.3 is 10.3 Å². The van der Waals surface area contributed by atoms with Gasteiger partial charge in [0, 0.05) is 11.6 Å². The van der Waals surface area contributed by atoms with Crippen LogP contribution in [0.5, 0.6) is 0 Å². The number of rotatable bonds is 4. The number of aromatic amines is 1. The fourth-order valence-corrected chi connectivity index (χ4v) is 3.98. The summed E-state index contributed by atoms with van der Waals surface area (Å²) >= 11 is 11.9. The number of anilines is 1. The molecule has 0 saturated carbocycles. The molecule has 2 aromatic carbocycles. The minimum Gasteiger partial charge on any atom is -0.342 e. The van der Waals surface area contributed by atoms with E-state index >= 15 is 0 Å². The van der Waals surface area contributed by atoms with Gasteiger partial charge in [0.25, 0.3) is 0 Å². The van der Waals surface area contributed by atoms with Gasteiger partial charge in [-0.25, -0.2) is 4.98 Å². The van der Waals surface area contributed by atoms with E-state index in [1.54, 1.807) is 18.2 Å². The maximum Gasteiger partial charge on any atom is 0.238 e. The van der Waals surface area contributed by atoms with Crippen molar-refractivity contribution in [2.45, 2.75) is 25.7 Å². The lowest BCUT2D eigenvalue weighted by molar-refractivity contribution is -0.117. The number of aryl methyl sites for hydroxylation is 1. The lowest BCUT2D eigenvalue weighted by Gasteiger charge is -2.30. The minimum absolute atomic E-state index is 0.0453. The first-order chi connectivity index (χ1) is 13.5. The number of halogens is 2. The highest BCUT2D eigenvalue weighted by atomic mass is 35.5. The van der Waals surface area contributed by atoms with Crippen LogP contribution >= 0.6 is 23.2 Å². The van der Waals surface area contributed by atoms with Crippen molar-refractivity contribution in [3.05, 3.63) is 57.8 Å². The average Bonchev–Trinajstić information content (AvgIpc) is 3.08. The Morgan fingerprint density at radius 1 is 1.18 bits per heavy atom. The predicted molar refractivity (Wildman–Crippen MR) is 114 cm³/mol. The van der Waals surface area contributed by atoms with Crippen LogP contribution in [0.3, 0.4) is 0 Å². The van der Waals surface area contributed by atoms with Crippen LogP contribution in [-0.4, -0.2) is 40.4 Å². The largest absolute Gasteiger partial charge is 0.342 e. The molecule has 1 aromatic heterocycles. The molecule has 146 valence electrons. The van der Waals surface area contributed by atoms with Gasteiger partial charge in [-0.15, -0.1) is 0 Å². The van der Waals surface area contributed by atoms with E-state index in [0.717, 1.165) is 42.8 Å². The average molecular weight is 417 g/mol. The Bertz CT molecular complexity index is 1010. The van der Waals surface area contributed by atoms with Crippen LogP contribution in [0.2, 0.25) is 10.0 Å². The number of piperidine rings is 1. The van der Waals surface area contributed by atoms with Crippen molar-refractivity contribution >= 4 is 45.8 Å². The summed E-state index contributed by atoms with van der Waals surface area (Å²) in [4.78, 5) is 22.7. The number of amides is 1. The molecule has 1 fully saturated rings. The van der Waals surface area contributed by atoms with Gasteiger partial charge in [0.15, 0.2) is 0 Å². The first-order valence-electron chi connectivity index (χ1n) is 9.41. The molecular formula is C21H22Cl2N4O. The Morgan fingerprint density at radius 3 is 2.71 bits per heavy atom. The molecule has 1 aliphatic rings. The number of imidazole rings is 1. The normalized spacial score (nSPS) is 15.8. The fraction of sp³-hybridized carbons (Fsp3) is 0.333. The zero-order valence-electron chi connectivity index (χ0n) is 15.6. The lowest BCUT2D eigenvalue weighted by Crippen LogP contribution is -2.38. The molecule has 1 aliphatic heterocycles. The maximum atomic E-state index is 12.3. The van der Waals surface area contributed by atoms with Crippen molar-refractivity contribution in [3.63, 3.8) is 0 Å². The number of likely N-dealkylation sites (tertiary alicyclic amines) is 1. The predicted octanol–water partition coefficient (Wildman–Crippen LogP) is 5.00. The number of nitrogens with one attached hydrogen (secondary N) is 2. The highest BCUT2D eigenvalue weighted by Gasteiger charge is 2.24. The van der Waals surface area contributed by atoms with Crippen LogP contribution in [-0.2, 0) is 4.79 Å². The molecule has 0 spiro atoms. The Labute approximate surface area is 174 Å². The number of nitrogens with zero attached hydrogens (tertiary/aromatic N) is 2. The zero-order valence-corrected chi connectivity index (χ0v) is 17.1. The van der Waals surface area contributed by atoms with Gasteiger partial charge in [-0.3, -0.25) is 9.69 Å². The summed E-state index contributed by atoms with van der Waals surface area (Å²) in [5.74, 6) is 1.42. The molecule has 1 saturated heterocycles. The van der Waals surface area contributed by atoms with Crippen molar-refractivity contribution in [1.29, 1.82) is 0 Å². The number of benzene rings is 2. The van der Waals surface area contributed by atoms with Gasteiger partial charge in [0.1, 0.15) is 5.82 Å². The summed E-state index contributed by atoms with van der Waals surface area (Å²) in [7, 11) is 0. The van der Waals surface area contributed by atoms with E-state index in [9.17, 15) is 4.79 Å². The summed E-state index contributed by atoms with van der Waals surface area (Å²) in [6.45, 7) is 4.19. The molecule has 4 rings (SSSR count). The molecule has 28 heavy (non-hydrogen) atoms. The van der Waals surface area contributed by atoms with E-state index < -0.39 is 0 Å². The van der Waals surface area contributed by atoms with Crippen LogP contribution in [0.25, 0.3) is 11.0 Å². The summed E-state index contributed by atoms with van der Waals surface area (Å²) in [6, 6.07) is 11.4. The highest BCUT2D eigenvalue weighted by Crippen LogP contribution is 2.28. The third kappa shape index (κ3) is 4.32. The lowest BCUT2D eigenvalue weighted by atomic mass is 9.96. The van der Waals surface area contributed by atoms with Crippen LogP contribution in [0.1, 0.15) is 30.1 Å². The van der Waals surface area contributed by atoms with Gasteiger partial charge in [0.05, 0.1) is 27.6 Å². The van der Waals surface area contributed by atoms with Crippen LogP contribution < -0.4 is 5.32 Å². The molecule has 0 atom stereocenters. The molecule has 3 aromatic rings. The highest BCUT2D eigenvalue weighted by molar-refractivity contribution is 6.42. The van der Waals surface area contributed by atoms with E-state index in [4.69, 9.17) is 28.2 Å². The minimum atomic E-state index is -0.0453. The van der Waals surface area contributed by atoms with Gasteiger partial charge in [0.2, 0.25) is 5.91 Å². The van der Waals surface area contributed by atoms with E-state index in [1.165, 1.54) is 5.56 Å². The molecule has 5 nitrogen and oxygen atoms in total. The zero-order chi connectivity index (χ0) is 19.7. The van der Waals surface area contributed by atoms with E-state index in [0.29, 0.717) is 28.2 Å². The quantitative estimate of drug-likeness (QED) is 0.628. The smallest absolute Gasteiger partial charge is 0.238 e. The molecule has 1 amide bonds. The van der Waals surface area contributed by atoms with E-state index in [2.05, 4.69) is 40.3 Å². The number of hydrogen-bond acceptors (Lipinski definition) is 3. The second kappa shape index (κ2) is 8.11. The monoisotopic (exact) mass is 416 g/mol. The summed E-state index contributed by atoms with van der Waals surface area (Å²) in [5.41, 5.74) is 4.00. The summed E-state index contributed by atoms with van der Waals surface area (Å²) < 4.78 is 0. The Hall–Kier alpha value is -2.08. The Kier molecular flexibility index (Phi) is 5.58. The number of H-pyrrole nitrogens is 1. The van der Waals surface area contributed by atoms with Crippen molar-refractivity contribution in [2.75, 3.05) is 25.0 Å². The van der Waals surface area contributed by atoms with Gasteiger partial charge >= 0.3 is 0 Å². The first-order valence-corrected chi connectivity index (χ1v) is 10.2. The van der Waals surface area contributed by atoms with Crippen molar-refractivity contribution in [1.82, 2.24) is 14.9 Å². The third-order valence-electron chi connectivity index (χ3n) is 5.20. The second-order valence-corrected chi connectivity index (χ2v) is 8.18. The SMILES string of the molecule is Cc1ccc2nc(C3CCN(CC(=O)Nc4ccc(Cl)c(Cl)c4)CC3)[nH]c2c1. The Balaban J connectivity index is 1.32. The van der Waals surface area contributed by atoms with Crippen molar-refractivity contribution < 1.29 is 4.79 Å². The second-order valence-electron chi connectivity index (χ2n) is 7.37. The van der Waals surface area contributed by atoms with Crippen LogP contribution in [0.15, 0.2) is 36.4 Å². The standard InChI is InChI=1S/C21H22Cl2N4O/c1-13-2-5-18-19(10-13)26-21(25-18)14-6-8-27(9-7-14)12-20(28)24-15-3-4-16(22)17(23)11-15/h2-5,10-11,14H,6-9,12H2,1H3,(H,24,28)(H,25,26). The number of carbonyl (C=O) groups excluding carboxylic acids is 1. The molecule has 0 radical (unpaired) electrons. The van der Waals surface area contributed by atoms with Gasteiger partial charge in [-0.05, 0) is 68.8 Å². The van der Waals surface area contributed by atoms with Crippen molar-refractivity contribution in [3.8, 4) is 0 Å². The maximum absolute atomic E-state index is 12.3. The van der Waals surface area contributed by atoms with E-state index in [1.807, 2.05) is 0 Å². The molecule has 0 unspecified atom stereocenters. The number of aromatic nitrogens is 2. The molecular weight excluding hydrogens is 395 g/mol. The summed E-state index contributed by atoms with van der Waals surface area (Å²) in [5, 5.41) is 3.79. The number of fused-ring (bicyclic) bond motifs is 1. The van der Waals surface area contributed by atoms with Crippen LogP contribution in [0, 0.1) is 6.92 Å². The fourth-order valence-electron chi connectivity index (χ4n) is 3.68. The molecule has 7 heteroatoms. The first kappa shape index (κ1) is 19.2. The van der Waals surface area contributed by atoms with Gasteiger partial charge in [-0.1, -0.05) is 29.3 Å². The molecule has 0 bridgehead atoms. The van der Waals surface area contributed by atoms with Crippen LogP contribution in [0.4, 0.5) is 5.69 Å². The summed E-state index contributed by atoms with van der Waals surface area (Å²) in [6.07, 6.45) is 1.97.